The number of rotatable bonds is 0. The number of nitrogen functional groups attached to an aromatic ring is 1. The van der Waals surface area contributed by atoms with Crippen LogP contribution in [0.5, 0.6) is 11.5 Å². The molecule has 0 amide bonds. The molecule has 14 heavy (non-hydrogen) atoms. The van der Waals surface area contributed by atoms with Crippen LogP contribution in [0.4, 0.5) is 5.69 Å². The molecule has 0 spiro atoms. The predicted molar refractivity (Wildman–Crippen MR) is 58.9 cm³/mol. The van der Waals surface area contributed by atoms with Crippen LogP contribution >= 0.6 is 15.9 Å². The maximum absolute atomic E-state index is 5.83. The van der Waals surface area contributed by atoms with Gasteiger partial charge >= 0.3 is 0 Å². The van der Waals surface area contributed by atoms with Crippen molar-refractivity contribution in [2.75, 3.05) is 18.9 Å². The highest BCUT2D eigenvalue weighted by atomic mass is 79.9. The van der Waals surface area contributed by atoms with Gasteiger partial charge in [0.25, 0.3) is 0 Å². The molecule has 0 saturated heterocycles. The van der Waals surface area contributed by atoms with Gasteiger partial charge in [0.05, 0.1) is 17.7 Å². The van der Waals surface area contributed by atoms with E-state index in [-0.39, 0.29) is 0 Å². The summed E-state index contributed by atoms with van der Waals surface area (Å²) in [6.07, 6.45) is 0.903. The summed E-state index contributed by atoms with van der Waals surface area (Å²) in [5, 5.41) is 0. The number of fused-ring (bicyclic) bond motifs is 1. The highest BCUT2D eigenvalue weighted by molar-refractivity contribution is 9.10. The molecule has 1 heterocycles. The molecule has 0 saturated carbocycles. The van der Waals surface area contributed by atoms with Crippen LogP contribution in [0.25, 0.3) is 0 Å². The number of hydrogen-bond acceptors (Lipinski definition) is 3. The summed E-state index contributed by atoms with van der Waals surface area (Å²) in [4.78, 5) is 0. The van der Waals surface area contributed by atoms with E-state index in [1.807, 2.05) is 13.0 Å². The molecule has 0 radical (unpaired) electrons. The van der Waals surface area contributed by atoms with Crippen molar-refractivity contribution in [1.82, 2.24) is 0 Å². The van der Waals surface area contributed by atoms with E-state index in [1.54, 1.807) is 0 Å². The SMILES string of the molecule is Cc1c(N)cc2c(c1Br)OCCCO2. The first kappa shape index (κ1) is 9.65. The molecule has 4 heteroatoms. The number of nitrogens with two attached hydrogens (primary N) is 1. The minimum absolute atomic E-state index is 0.682. The van der Waals surface area contributed by atoms with Gasteiger partial charge in [0.2, 0.25) is 0 Å². The number of anilines is 1. The fraction of sp³-hybridized carbons (Fsp3) is 0.400. The summed E-state index contributed by atoms with van der Waals surface area (Å²) in [6.45, 7) is 3.32. The lowest BCUT2D eigenvalue weighted by atomic mass is 10.2. The lowest BCUT2D eigenvalue weighted by Gasteiger charge is -2.12. The Morgan fingerprint density at radius 3 is 2.86 bits per heavy atom. The second-order valence-electron chi connectivity index (χ2n) is 3.28. The maximum Gasteiger partial charge on any atom is 0.175 e. The summed E-state index contributed by atoms with van der Waals surface area (Å²) in [7, 11) is 0. The minimum Gasteiger partial charge on any atom is -0.489 e. The van der Waals surface area contributed by atoms with Gasteiger partial charge in [-0.15, -0.1) is 0 Å². The molecule has 1 aromatic carbocycles. The molecule has 0 atom stereocenters. The second-order valence-corrected chi connectivity index (χ2v) is 4.08. The normalized spacial score (nSPS) is 15.0. The van der Waals surface area contributed by atoms with Gasteiger partial charge in [-0.05, 0) is 28.4 Å². The van der Waals surface area contributed by atoms with E-state index in [0.29, 0.717) is 13.2 Å². The van der Waals surface area contributed by atoms with E-state index in [2.05, 4.69) is 15.9 Å². The molecule has 2 rings (SSSR count). The van der Waals surface area contributed by atoms with Crippen molar-refractivity contribution >= 4 is 21.6 Å². The molecular weight excluding hydrogens is 246 g/mol. The van der Waals surface area contributed by atoms with Crippen molar-refractivity contribution in [2.24, 2.45) is 0 Å². The fourth-order valence-electron chi connectivity index (χ4n) is 1.38. The third kappa shape index (κ3) is 1.54. The minimum atomic E-state index is 0.682. The Morgan fingerprint density at radius 2 is 2.07 bits per heavy atom. The summed E-state index contributed by atoms with van der Waals surface area (Å²) in [6, 6.07) is 1.82. The second kappa shape index (κ2) is 3.69. The molecule has 3 nitrogen and oxygen atoms in total. The van der Waals surface area contributed by atoms with Gasteiger partial charge in [-0.25, -0.2) is 0 Å². The molecule has 0 bridgehead atoms. The fourth-order valence-corrected chi connectivity index (χ4v) is 1.92. The van der Waals surface area contributed by atoms with E-state index in [4.69, 9.17) is 15.2 Å². The highest BCUT2D eigenvalue weighted by Crippen LogP contribution is 2.41. The lowest BCUT2D eigenvalue weighted by Crippen LogP contribution is -1.97. The van der Waals surface area contributed by atoms with Crippen molar-refractivity contribution < 1.29 is 9.47 Å². The first-order valence-corrected chi connectivity index (χ1v) is 5.33. The van der Waals surface area contributed by atoms with Gasteiger partial charge in [0.1, 0.15) is 0 Å². The first-order chi connectivity index (χ1) is 6.70. The predicted octanol–water partition coefficient (Wildman–Crippen LogP) is 2.50. The standard InChI is InChI=1S/C10H12BrNO2/c1-6-7(12)5-8-10(9(6)11)14-4-2-3-13-8/h5H,2-4,12H2,1H3. The Hall–Kier alpha value is -0.900. The Bertz CT molecular complexity index is 366. The zero-order chi connectivity index (χ0) is 10.1. The van der Waals surface area contributed by atoms with Gasteiger partial charge < -0.3 is 15.2 Å². The van der Waals surface area contributed by atoms with Gasteiger partial charge in [-0.2, -0.15) is 0 Å². The van der Waals surface area contributed by atoms with Crippen molar-refractivity contribution in [3.8, 4) is 11.5 Å². The molecule has 0 fully saturated rings. The van der Waals surface area contributed by atoms with Crippen LogP contribution < -0.4 is 15.2 Å². The Morgan fingerprint density at radius 1 is 1.36 bits per heavy atom. The molecule has 0 aromatic heterocycles. The van der Waals surface area contributed by atoms with E-state index in [1.165, 1.54) is 0 Å². The van der Waals surface area contributed by atoms with E-state index < -0.39 is 0 Å². The number of hydrogen-bond donors (Lipinski definition) is 1. The average molecular weight is 258 g/mol. The average Bonchev–Trinajstić information content (AvgIpc) is 2.39. The quantitative estimate of drug-likeness (QED) is 0.727. The third-order valence-electron chi connectivity index (χ3n) is 2.26. The van der Waals surface area contributed by atoms with Gasteiger partial charge in [0, 0.05) is 18.2 Å². The third-order valence-corrected chi connectivity index (χ3v) is 3.22. The molecular formula is C10H12BrNO2. The molecule has 1 aromatic rings. The van der Waals surface area contributed by atoms with Gasteiger partial charge in [0.15, 0.2) is 11.5 Å². The van der Waals surface area contributed by atoms with Crippen LogP contribution in [0.1, 0.15) is 12.0 Å². The summed E-state index contributed by atoms with van der Waals surface area (Å²) in [5.74, 6) is 1.51. The van der Waals surface area contributed by atoms with Crippen molar-refractivity contribution in [3.63, 3.8) is 0 Å². The topological polar surface area (TPSA) is 44.5 Å². The zero-order valence-corrected chi connectivity index (χ0v) is 9.56. The van der Waals surface area contributed by atoms with Crippen molar-refractivity contribution in [3.05, 3.63) is 16.1 Å². The molecule has 0 aliphatic carbocycles. The monoisotopic (exact) mass is 257 g/mol. The number of benzene rings is 1. The Kier molecular flexibility index (Phi) is 2.54. The smallest absolute Gasteiger partial charge is 0.175 e. The molecule has 76 valence electrons. The van der Waals surface area contributed by atoms with Gasteiger partial charge in [-0.1, -0.05) is 0 Å². The van der Waals surface area contributed by atoms with Crippen LogP contribution in [-0.2, 0) is 0 Å². The summed E-state index contributed by atoms with van der Waals surface area (Å²) in [5.41, 5.74) is 7.55. The van der Waals surface area contributed by atoms with Crippen LogP contribution in [0.15, 0.2) is 10.5 Å². The number of ether oxygens (including phenoxy) is 2. The number of halogens is 1. The van der Waals surface area contributed by atoms with E-state index >= 15 is 0 Å². The van der Waals surface area contributed by atoms with Crippen molar-refractivity contribution in [2.45, 2.75) is 13.3 Å². The largest absolute Gasteiger partial charge is 0.489 e. The van der Waals surface area contributed by atoms with Crippen molar-refractivity contribution in [1.29, 1.82) is 0 Å². The summed E-state index contributed by atoms with van der Waals surface area (Å²) < 4.78 is 12.0. The van der Waals surface area contributed by atoms with Crippen LogP contribution in [0, 0.1) is 6.92 Å². The Balaban J connectivity index is 2.55. The van der Waals surface area contributed by atoms with Gasteiger partial charge in [-0.3, -0.25) is 0 Å². The van der Waals surface area contributed by atoms with Crippen LogP contribution in [0.2, 0.25) is 0 Å². The summed E-state index contributed by atoms with van der Waals surface area (Å²) >= 11 is 3.47. The molecule has 0 unspecified atom stereocenters. The lowest BCUT2D eigenvalue weighted by molar-refractivity contribution is 0.296. The van der Waals surface area contributed by atoms with Crippen LogP contribution in [0.3, 0.4) is 0 Å². The van der Waals surface area contributed by atoms with Crippen LogP contribution in [-0.4, -0.2) is 13.2 Å². The first-order valence-electron chi connectivity index (χ1n) is 4.54. The molecule has 1 aliphatic heterocycles. The van der Waals surface area contributed by atoms with E-state index in [9.17, 15) is 0 Å². The zero-order valence-electron chi connectivity index (χ0n) is 7.97. The maximum atomic E-state index is 5.83. The Labute approximate surface area is 91.3 Å². The van der Waals surface area contributed by atoms with E-state index in [0.717, 1.165) is 33.6 Å². The molecule has 1 aliphatic rings. The molecule has 2 N–H and O–H groups in total. The highest BCUT2D eigenvalue weighted by Gasteiger charge is 2.17.